The minimum Gasteiger partial charge on any atom is -0.398 e. The van der Waals surface area contributed by atoms with Crippen molar-refractivity contribution in [3.05, 3.63) is 29.3 Å². The monoisotopic (exact) mass is 261 g/mol. The predicted octanol–water partition coefficient (Wildman–Crippen LogP) is 0.915. The first-order valence-electron chi connectivity index (χ1n) is 6.44. The molecule has 19 heavy (non-hydrogen) atoms. The molecule has 2 rings (SSSR count). The molecule has 1 aromatic rings. The number of para-hydroxylation sites is 1. The van der Waals surface area contributed by atoms with Gasteiger partial charge < -0.3 is 16.4 Å². The van der Waals surface area contributed by atoms with Crippen LogP contribution in [0.5, 0.6) is 0 Å². The van der Waals surface area contributed by atoms with E-state index < -0.39 is 0 Å². The molecule has 1 atom stereocenters. The van der Waals surface area contributed by atoms with Gasteiger partial charge in [0.1, 0.15) is 0 Å². The van der Waals surface area contributed by atoms with Gasteiger partial charge >= 0.3 is 0 Å². The molecule has 5 nitrogen and oxygen atoms in total. The van der Waals surface area contributed by atoms with Crippen LogP contribution in [0.1, 0.15) is 28.8 Å². The molecule has 0 spiro atoms. The lowest BCUT2D eigenvalue weighted by Crippen LogP contribution is -2.44. The summed E-state index contributed by atoms with van der Waals surface area (Å²) in [7, 11) is 0. The third-order valence-corrected chi connectivity index (χ3v) is 3.67. The summed E-state index contributed by atoms with van der Waals surface area (Å²) in [6, 6.07) is 5.40. The Morgan fingerprint density at radius 1 is 1.37 bits per heavy atom. The van der Waals surface area contributed by atoms with Crippen LogP contribution in [0.4, 0.5) is 5.69 Å². The standard InChI is InChI=1S/C14H19N3O2/c1-9-4-2-6-11(12(9)15)14(19)17-7-3-5-10(8-17)13(16)18/h2,4,6,10H,3,5,7-8,15H2,1H3,(H2,16,18). The number of anilines is 1. The van der Waals surface area contributed by atoms with Gasteiger partial charge in [0.2, 0.25) is 5.91 Å². The van der Waals surface area contributed by atoms with E-state index in [1.165, 1.54) is 0 Å². The van der Waals surface area contributed by atoms with Crippen LogP contribution >= 0.6 is 0 Å². The molecule has 1 unspecified atom stereocenters. The fourth-order valence-electron chi connectivity index (χ4n) is 2.43. The lowest BCUT2D eigenvalue weighted by Gasteiger charge is -2.31. The fraction of sp³-hybridized carbons (Fsp3) is 0.429. The number of nitrogens with zero attached hydrogens (tertiary/aromatic N) is 1. The highest BCUT2D eigenvalue weighted by Gasteiger charge is 2.28. The number of nitrogens with two attached hydrogens (primary N) is 2. The summed E-state index contributed by atoms with van der Waals surface area (Å²) in [5.41, 5.74) is 13.2. The van der Waals surface area contributed by atoms with E-state index in [-0.39, 0.29) is 17.7 Å². The second-order valence-corrected chi connectivity index (χ2v) is 5.03. The molecule has 0 radical (unpaired) electrons. The van der Waals surface area contributed by atoms with E-state index >= 15 is 0 Å². The SMILES string of the molecule is Cc1cccc(C(=O)N2CCCC(C(N)=O)C2)c1N. The quantitative estimate of drug-likeness (QED) is 0.775. The lowest BCUT2D eigenvalue weighted by atomic mass is 9.96. The Hall–Kier alpha value is -2.04. The number of hydrogen-bond acceptors (Lipinski definition) is 3. The first-order valence-corrected chi connectivity index (χ1v) is 6.44. The van der Waals surface area contributed by atoms with Crippen LogP contribution in [0.25, 0.3) is 0 Å². The Balaban J connectivity index is 2.19. The highest BCUT2D eigenvalue weighted by Crippen LogP contribution is 2.22. The zero-order valence-corrected chi connectivity index (χ0v) is 11.1. The van der Waals surface area contributed by atoms with Gasteiger partial charge in [-0.3, -0.25) is 9.59 Å². The van der Waals surface area contributed by atoms with Gasteiger partial charge in [0.15, 0.2) is 0 Å². The normalized spacial score (nSPS) is 19.2. The molecular formula is C14H19N3O2. The molecule has 1 heterocycles. The second-order valence-electron chi connectivity index (χ2n) is 5.03. The number of primary amides is 1. The van der Waals surface area contributed by atoms with Crippen molar-refractivity contribution in [3.63, 3.8) is 0 Å². The molecule has 1 aliphatic rings. The Bertz CT molecular complexity index is 513. The fourth-order valence-corrected chi connectivity index (χ4v) is 2.43. The molecule has 102 valence electrons. The van der Waals surface area contributed by atoms with E-state index in [0.29, 0.717) is 24.3 Å². The molecule has 1 saturated heterocycles. The van der Waals surface area contributed by atoms with Gasteiger partial charge in [-0.15, -0.1) is 0 Å². The number of rotatable bonds is 2. The summed E-state index contributed by atoms with van der Waals surface area (Å²) in [6.07, 6.45) is 1.55. The van der Waals surface area contributed by atoms with Gasteiger partial charge in [0, 0.05) is 18.8 Å². The first-order chi connectivity index (χ1) is 9.00. The van der Waals surface area contributed by atoms with Crippen LogP contribution in [0, 0.1) is 12.8 Å². The molecule has 1 aromatic carbocycles. The highest BCUT2D eigenvalue weighted by molar-refractivity contribution is 6.00. The maximum absolute atomic E-state index is 12.4. The van der Waals surface area contributed by atoms with Crippen molar-refractivity contribution >= 4 is 17.5 Å². The predicted molar refractivity (Wildman–Crippen MR) is 73.4 cm³/mol. The van der Waals surface area contributed by atoms with E-state index in [1.54, 1.807) is 11.0 Å². The lowest BCUT2D eigenvalue weighted by molar-refractivity contribution is -0.123. The van der Waals surface area contributed by atoms with E-state index in [1.807, 2.05) is 19.1 Å². The van der Waals surface area contributed by atoms with Gasteiger partial charge in [0.25, 0.3) is 5.91 Å². The van der Waals surface area contributed by atoms with Crippen LogP contribution in [-0.2, 0) is 4.79 Å². The number of aryl methyl sites for hydroxylation is 1. The smallest absolute Gasteiger partial charge is 0.255 e. The van der Waals surface area contributed by atoms with E-state index in [9.17, 15) is 9.59 Å². The molecule has 0 saturated carbocycles. The van der Waals surface area contributed by atoms with Gasteiger partial charge in [-0.1, -0.05) is 12.1 Å². The summed E-state index contributed by atoms with van der Waals surface area (Å²) in [6.45, 7) is 2.91. The Morgan fingerprint density at radius 3 is 2.79 bits per heavy atom. The summed E-state index contributed by atoms with van der Waals surface area (Å²) >= 11 is 0. The van der Waals surface area contributed by atoms with Gasteiger partial charge in [0.05, 0.1) is 11.5 Å². The van der Waals surface area contributed by atoms with E-state index in [2.05, 4.69) is 0 Å². The second kappa shape index (κ2) is 5.30. The molecule has 0 bridgehead atoms. The number of piperidine rings is 1. The average Bonchev–Trinajstić information content (AvgIpc) is 2.41. The highest BCUT2D eigenvalue weighted by atomic mass is 16.2. The van der Waals surface area contributed by atoms with Crippen molar-refractivity contribution in [3.8, 4) is 0 Å². The largest absolute Gasteiger partial charge is 0.398 e. The van der Waals surface area contributed by atoms with Crippen molar-refractivity contribution in [1.29, 1.82) is 0 Å². The molecule has 5 heteroatoms. The van der Waals surface area contributed by atoms with E-state index in [0.717, 1.165) is 18.4 Å². The summed E-state index contributed by atoms with van der Waals surface area (Å²) in [5, 5.41) is 0. The van der Waals surface area contributed by atoms with Crippen LogP contribution in [0.15, 0.2) is 18.2 Å². The van der Waals surface area contributed by atoms with Crippen molar-refractivity contribution in [2.45, 2.75) is 19.8 Å². The minimum atomic E-state index is -0.338. The van der Waals surface area contributed by atoms with Gasteiger partial charge in [-0.25, -0.2) is 0 Å². The van der Waals surface area contributed by atoms with Crippen LogP contribution in [0.2, 0.25) is 0 Å². The molecule has 1 fully saturated rings. The van der Waals surface area contributed by atoms with Crippen molar-refractivity contribution in [2.75, 3.05) is 18.8 Å². The Morgan fingerprint density at radius 2 is 2.11 bits per heavy atom. The molecule has 1 aliphatic heterocycles. The zero-order valence-electron chi connectivity index (χ0n) is 11.1. The number of likely N-dealkylation sites (tertiary alicyclic amines) is 1. The van der Waals surface area contributed by atoms with Crippen molar-refractivity contribution in [2.24, 2.45) is 11.7 Å². The summed E-state index contributed by atoms with van der Waals surface area (Å²) in [4.78, 5) is 25.3. The Labute approximate surface area is 112 Å². The third kappa shape index (κ3) is 2.70. The maximum atomic E-state index is 12.4. The average molecular weight is 261 g/mol. The summed E-state index contributed by atoms with van der Waals surface area (Å²) in [5.74, 6) is -0.703. The number of nitrogen functional groups attached to an aromatic ring is 1. The molecule has 4 N–H and O–H groups in total. The van der Waals surface area contributed by atoms with Crippen molar-refractivity contribution in [1.82, 2.24) is 4.90 Å². The molecule has 0 aromatic heterocycles. The van der Waals surface area contributed by atoms with Crippen molar-refractivity contribution < 1.29 is 9.59 Å². The number of carbonyl (C=O) groups is 2. The maximum Gasteiger partial charge on any atom is 0.255 e. The van der Waals surface area contributed by atoms with Crippen LogP contribution < -0.4 is 11.5 Å². The third-order valence-electron chi connectivity index (χ3n) is 3.67. The first kappa shape index (κ1) is 13.4. The number of amides is 2. The molecule has 0 aliphatic carbocycles. The van der Waals surface area contributed by atoms with Gasteiger partial charge in [-0.05, 0) is 31.4 Å². The molecule has 2 amide bonds. The minimum absolute atomic E-state index is 0.118. The number of benzene rings is 1. The number of hydrogen-bond donors (Lipinski definition) is 2. The van der Waals surface area contributed by atoms with Crippen LogP contribution in [0.3, 0.4) is 0 Å². The zero-order chi connectivity index (χ0) is 14.0. The number of carbonyl (C=O) groups excluding carboxylic acids is 2. The van der Waals surface area contributed by atoms with E-state index in [4.69, 9.17) is 11.5 Å². The molecular weight excluding hydrogens is 242 g/mol. The Kier molecular flexibility index (Phi) is 3.74. The topological polar surface area (TPSA) is 89.4 Å². The van der Waals surface area contributed by atoms with Gasteiger partial charge in [-0.2, -0.15) is 0 Å². The summed E-state index contributed by atoms with van der Waals surface area (Å²) < 4.78 is 0. The van der Waals surface area contributed by atoms with Crippen LogP contribution in [-0.4, -0.2) is 29.8 Å².